The molecule has 0 spiro atoms. The Hall–Kier alpha value is -1.31. The summed E-state index contributed by atoms with van der Waals surface area (Å²) in [5.41, 5.74) is 1.00. The molecule has 2 aromatic heterocycles. The summed E-state index contributed by atoms with van der Waals surface area (Å²) in [5.74, 6) is 1.44. The van der Waals surface area contributed by atoms with E-state index >= 15 is 0 Å². The highest BCUT2D eigenvalue weighted by Crippen LogP contribution is 2.43. The molecule has 4 heterocycles. The van der Waals surface area contributed by atoms with Crippen LogP contribution < -0.4 is 0 Å². The Bertz CT molecular complexity index is 670. The molecule has 7 heteroatoms. The molecule has 0 aliphatic carbocycles. The second kappa shape index (κ2) is 5.40. The largest absolute Gasteiger partial charge is 0.377 e. The van der Waals surface area contributed by atoms with Gasteiger partial charge in [-0.05, 0) is 26.7 Å². The number of likely N-dealkylation sites (tertiary alicyclic amines) is 1. The first-order valence-corrected chi connectivity index (χ1v) is 8.59. The van der Waals surface area contributed by atoms with Crippen LogP contribution in [0, 0.1) is 13.8 Å². The number of thiazole rings is 1. The van der Waals surface area contributed by atoms with Gasteiger partial charge in [-0.2, -0.15) is 4.98 Å². The first-order chi connectivity index (χ1) is 10.7. The fraction of sp³-hybridized carbons (Fsp3) is 0.667. The molecule has 2 aliphatic heterocycles. The van der Waals surface area contributed by atoms with E-state index in [1.165, 1.54) is 0 Å². The van der Waals surface area contributed by atoms with Crippen molar-refractivity contribution in [2.24, 2.45) is 0 Å². The highest BCUT2D eigenvalue weighted by atomic mass is 32.1. The van der Waals surface area contributed by atoms with Crippen molar-refractivity contribution in [1.29, 1.82) is 0 Å². The van der Waals surface area contributed by atoms with Crippen LogP contribution in [0.25, 0.3) is 0 Å². The summed E-state index contributed by atoms with van der Waals surface area (Å²) in [7, 11) is 0. The maximum Gasteiger partial charge on any atom is 0.236 e. The van der Waals surface area contributed by atoms with Crippen molar-refractivity contribution >= 4 is 11.3 Å². The Balaban J connectivity index is 1.58. The lowest BCUT2D eigenvalue weighted by Crippen LogP contribution is -2.52. The van der Waals surface area contributed by atoms with E-state index in [1.54, 1.807) is 11.3 Å². The number of aryl methyl sites for hydroxylation is 2. The molecule has 2 aliphatic rings. The Kier molecular flexibility index (Phi) is 3.51. The Morgan fingerprint density at radius 2 is 2.32 bits per heavy atom. The molecule has 0 saturated carbocycles. The summed E-state index contributed by atoms with van der Waals surface area (Å²) < 4.78 is 11.5. The first kappa shape index (κ1) is 14.3. The van der Waals surface area contributed by atoms with Crippen LogP contribution >= 0.6 is 11.3 Å². The van der Waals surface area contributed by atoms with Crippen LogP contribution in [-0.2, 0) is 16.7 Å². The Morgan fingerprint density at radius 1 is 1.41 bits per heavy atom. The summed E-state index contributed by atoms with van der Waals surface area (Å²) in [6.45, 7) is 7.49. The zero-order chi connectivity index (χ0) is 15.2. The van der Waals surface area contributed by atoms with E-state index in [-0.39, 0.29) is 11.5 Å². The van der Waals surface area contributed by atoms with E-state index in [0.29, 0.717) is 5.82 Å². The van der Waals surface area contributed by atoms with Crippen LogP contribution in [0.4, 0.5) is 0 Å². The number of hydrogen-bond acceptors (Lipinski definition) is 7. The maximum atomic E-state index is 5.96. The van der Waals surface area contributed by atoms with Crippen LogP contribution in [0.5, 0.6) is 0 Å². The van der Waals surface area contributed by atoms with Gasteiger partial charge in [-0.15, -0.1) is 11.3 Å². The van der Waals surface area contributed by atoms with E-state index in [1.807, 2.05) is 13.8 Å². The maximum absolute atomic E-state index is 5.96. The Labute approximate surface area is 133 Å². The van der Waals surface area contributed by atoms with E-state index in [4.69, 9.17) is 9.26 Å². The van der Waals surface area contributed by atoms with E-state index in [2.05, 4.69) is 25.4 Å². The lowest BCUT2D eigenvalue weighted by atomic mass is 9.76. The van der Waals surface area contributed by atoms with Gasteiger partial charge in [-0.25, -0.2) is 4.98 Å². The Morgan fingerprint density at radius 3 is 3.05 bits per heavy atom. The third-order valence-electron chi connectivity index (χ3n) is 4.70. The van der Waals surface area contributed by atoms with E-state index in [9.17, 15) is 0 Å². The SMILES string of the molecule is Cc1noc([C@]23CCO[C@H]2CCN(Cc2csc(C)n2)C3)n1. The van der Waals surface area contributed by atoms with Crippen molar-refractivity contribution in [3.8, 4) is 0 Å². The average Bonchev–Trinajstić information content (AvgIpc) is 3.19. The molecule has 6 nitrogen and oxygen atoms in total. The van der Waals surface area contributed by atoms with Crippen LogP contribution in [0.3, 0.4) is 0 Å². The van der Waals surface area contributed by atoms with E-state index in [0.717, 1.165) is 55.7 Å². The quantitative estimate of drug-likeness (QED) is 0.863. The van der Waals surface area contributed by atoms with Gasteiger partial charge in [-0.3, -0.25) is 4.90 Å². The second-order valence-electron chi connectivity index (χ2n) is 6.27. The van der Waals surface area contributed by atoms with Crippen molar-refractivity contribution in [2.45, 2.75) is 44.8 Å². The summed E-state index contributed by atoms with van der Waals surface area (Å²) in [6.07, 6.45) is 2.15. The average molecular weight is 320 g/mol. The van der Waals surface area contributed by atoms with Crippen molar-refractivity contribution < 1.29 is 9.26 Å². The van der Waals surface area contributed by atoms with Gasteiger partial charge < -0.3 is 9.26 Å². The molecule has 4 rings (SSSR count). The van der Waals surface area contributed by atoms with Gasteiger partial charge in [0.2, 0.25) is 5.89 Å². The van der Waals surface area contributed by atoms with Gasteiger partial charge in [0, 0.05) is 31.6 Å². The van der Waals surface area contributed by atoms with Gasteiger partial charge in [0.1, 0.15) is 0 Å². The minimum absolute atomic E-state index is 0.148. The monoisotopic (exact) mass is 320 g/mol. The third kappa shape index (κ3) is 2.37. The van der Waals surface area contributed by atoms with Crippen LogP contribution in [0.15, 0.2) is 9.90 Å². The minimum atomic E-state index is -0.148. The van der Waals surface area contributed by atoms with Crippen molar-refractivity contribution in [2.75, 3.05) is 19.7 Å². The lowest BCUT2D eigenvalue weighted by Gasteiger charge is -2.41. The third-order valence-corrected chi connectivity index (χ3v) is 5.52. The smallest absolute Gasteiger partial charge is 0.236 e. The predicted molar refractivity (Wildman–Crippen MR) is 81.8 cm³/mol. The number of ether oxygens (including phenoxy) is 1. The van der Waals surface area contributed by atoms with Crippen LogP contribution in [-0.4, -0.2) is 45.8 Å². The van der Waals surface area contributed by atoms with Gasteiger partial charge >= 0.3 is 0 Å². The number of nitrogens with zero attached hydrogens (tertiary/aromatic N) is 4. The molecule has 0 radical (unpaired) electrons. The second-order valence-corrected chi connectivity index (χ2v) is 7.33. The molecule has 2 aromatic rings. The number of piperidine rings is 1. The topological polar surface area (TPSA) is 64.3 Å². The summed E-state index contributed by atoms with van der Waals surface area (Å²) in [6, 6.07) is 0. The normalized spacial score (nSPS) is 28.9. The van der Waals surface area contributed by atoms with Gasteiger partial charge in [0.05, 0.1) is 22.2 Å². The fourth-order valence-corrected chi connectivity index (χ4v) is 4.28. The molecule has 22 heavy (non-hydrogen) atoms. The number of hydrogen-bond donors (Lipinski definition) is 0. The lowest BCUT2D eigenvalue weighted by molar-refractivity contribution is 0.00384. The molecular weight excluding hydrogens is 300 g/mol. The molecule has 0 unspecified atom stereocenters. The summed E-state index contributed by atoms with van der Waals surface area (Å²) in [4.78, 5) is 11.5. The predicted octanol–water partition coefficient (Wildman–Crippen LogP) is 2.08. The zero-order valence-electron chi connectivity index (χ0n) is 12.9. The highest BCUT2D eigenvalue weighted by Gasteiger charge is 2.52. The highest BCUT2D eigenvalue weighted by molar-refractivity contribution is 7.09. The molecule has 0 amide bonds. The fourth-order valence-electron chi connectivity index (χ4n) is 3.68. The molecule has 2 atom stereocenters. The molecule has 118 valence electrons. The molecule has 2 fully saturated rings. The number of rotatable bonds is 3. The van der Waals surface area contributed by atoms with Crippen LogP contribution in [0.2, 0.25) is 0 Å². The number of aromatic nitrogens is 3. The van der Waals surface area contributed by atoms with Crippen molar-refractivity contribution in [1.82, 2.24) is 20.0 Å². The van der Waals surface area contributed by atoms with Gasteiger partial charge in [0.25, 0.3) is 0 Å². The summed E-state index contributed by atoms with van der Waals surface area (Å²) in [5, 5.41) is 7.26. The number of fused-ring (bicyclic) bond motifs is 1. The molecule has 0 N–H and O–H groups in total. The zero-order valence-corrected chi connectivity index (χ0v) is 13.7. The van der Waals surface area contributed by atoms with E-state index < -0.39 is 0 Å². The van der Waals surface area contributed by atoms with Crippen LogP contribution in [0.1, 0.15) is 35.3 Å². The van der Waals surface area contributed by atoms with Gasteiger partial charge in [0.15, 0.2) is 5.82 Å². The van der Waals surface area contributed by atoms with Gasteiger partial charge in [-0.1, -0.05) is 5.16 Å². The molecular formula is C15H20N4O2S. The molecule has 0 bridgehead atoms. The van der Waals surface area contributed by atoms with Crippen molar-refractivity contribution in [3.63, 3.8) is 0 Å². The molecule has 0 aromatic carbocycles. The first-order valence-electron chi connectivity index (χ1n) is 7.71. The molecule has 2 saturated heterocycles. The van der Waals surface area contributed by atoms with Crippen molar-refractivity contribution in [3.05, 3.63) is 27.8 Å². The summed E-state index contributed by atoms with van der Waals surface area (Å²) >= 11 is 1.71. The minimum Gasteiger partial charge on any atom is -0.377 e. The standard InChI is InChI=1S/C15H20N4O2S/c1-10-16-14(21-18-10)15-4-6-20-13(15)3-5-19(9-15)7-12-8-22-11(2)17-12/h8,13H,3-7,9H2,1-2H3/t13-,15-/m0/s1.